The molecule has 0 aliphatic carbocycles. The number of hydrogen-bond acceptors (Lipinski definition) is 10. The fraction of sp³-hybridized carbons (Fsp3) is 0.143. The Kier molecular flexibility index (Phi) is 8.00. The van der Waals surface area contributed by atoms with Gasteiger partial charge in [0.2, 0.25) is 6.79 Å². The average Bonchev–Trinajstić information content (AvgIpc) is 3.83. The van der Waals surface area contributed by atoms with E-state index in [0.29, 0.717) is 59.8 Å². The van der Waals surface area contributed by atoms with Gasteiger partial charge in [-0.25, -0.2) is 14.6 Å². The van der Waals surface area contributed by atoms with Crippen molar-refractivity contribution in [1.82, 2.24) is 4.57 Å². The predicted octanol–water partition coefficient (Wildman–Crippen LogP) is 5.36. The molecule has 0 saturated heterocycles. The summed E-state index contributed by atoms with van der Waals surface area (Å²) in [6.07, 6.45) is 1.60. The molecule has 0 fully saturated rings. The maximum Gasteiger partial charge on any atom is 0.338 e. The number of carbonyl (C=O) groups excluding carboxylic acids is 2. The summed E-state index contributed by atoms with van der Waals surface area (Å²) >= 11 is 7.39. The van der Waals surface area contributed by atoms with Crippen LogP contribution in [0.15, 0.2) is 98.6 Å². The van der Waals surface area contributed by atoms with Crippen LogP contribution in [0.1, 0.15) is 40.2 Å². The molecule has 12 heteroatoms. The third kappa shape index (κ3) is 5.53. The normalized spacial score (nSPS) is 15.3. The summed E-state index contributed by atoms with van der Waals surface area (Å²) in [6.45, 7) is 1.92. The first-order chi connectivity index (χ1) is 22.9. The molecule has 10 nitrogen and oxygen atoms in total. The van der Waals surface area contributed by atoms with Gasteiger partial charge in [-0.05, 0) is 55.0 Å². The number of halogens is 1. The van der Waals surface area contributed by atoms with E-state index in [1.165, 1.54) is 11.7 Å². The maximum atomic E-state index is 14.2. The second-order valence-electron chi connectivity index (χ2n) is 10.4. The minimum atomic E-state index is -0.890. The molecule has 47 heavy (non-hydrogen) atoms. The van der Waals surface area contributed by atoms with Crippen LogP contribution < -0.4 is 24.4 Å². The molecule has 7 rings (SSSR count). The Morgan fingerprint density at radius 1 is 1.02 bits per heavy atom. The minimum absolute atomic E-state index is 0.0683. The van der Waals surface area contributed by atoms with E-state index >= 15 is 0 Å². The highest BCUT2D eigenvalue weighted by Crippen LogP contribution is 2.40. The van der Waals surface area contributed by atoms with Gasteiger partial charge in [0, 0.05) is 22.2 Å². The van der Waals surface area contributed by atoms with E-state index < -0.39 is 18.0 Å². The number of aromatic nitrogens is 1. The van der Waals surface area contributed by atoms with Crippen molar-refractivity contribution in [3.8, 4) is 22.8 Å². The summed E-state index contributed by atoms with van der Waals surface area (Å²) in [6, 6.07) is 21.8. The zero-order valence-electron chi connectivity index (χ0n) is 25.0. The van der Waals surface area contributed by atoms with Gasteiger partial charge in [0.1, 0.15) is 11.5 Å². The van der Waals surface area contributed by atoms with Gasteiger partial charge in [0.15, 0.2) is 16.3 Å². The number of hydrogen-bond donors (Lipinski definition) is 0. The van der Waals surface area contributed by atoms with Crippen molar-refractivity contribution in [3.63, 3.8) is 0 Å². The zero-order chi connectivity index (χ0) is 32.7. The third-order valence-corrected chi connectivity index (χ3v) is 8.86. The maximum absolute atomic E-state index is 14.2. The number of benzene rings is 3. The standard InChI is InChI=1S/C35H25ClN2O8S/c1-3-43-34(41)29-30(19-7-5-4-6-8-19)37-35-38(31(29)20-9-13-26-27(15-20)45-18-44-26)32(39)28(47-35)17-22-11-14-25(46-22)24-16-21(36)10-12-23(24)33(40)42-2/h4-17,31H,3,18H2,1-2H3/b28-17+/t31-/m1/s1. The molecule has 0 unspecified atom stereocenters. The first-order valence-corrected chi connectivity index (χ1v) is 15.7. The Bertz CT molecular complexity index is 2270. The van der Waals surface area contributed by atoms with Crippen LogP contribution >= 0.6 is 22.9 Å². The number of ether oxygens (including phenoxy) is 4. The zero-order valence-corrected chi connectivity index (χ0v) is 26.6. The Hall–Kier alpha value is -5.39. The van der Waals surface area contributed by atoms with Crippen LogP contribution in [-0.2, 0) is 14.3 Å². The molecule has 0 N–H and O–H groups in total. The second-order valence-corrected chi connectivity index (χ2v) is 11.9. The quantitative estimate of drug-likeness (QED) is 0.213. The van der Waals surface area contributed by atoms with Gasteiger partial charge in [0.05, 0.1) is 41.1 Å². The molecule has 2 aliphatic heterocycles. The van der Waals surface area contributed by atoms with Crippen molar-refractivity contribution < 1.29 is 33.0 Å². The van der Waals surface area contributed by atoms with E-state index in [9.17, 15) is 14.4 Å². The predicted molar refractivity (Wildman–Crippen MR) is 174 cm³/mol. The highest BCUT2D eigenvalue weighted by atomic mass is 35.5. The molecule has 3 aromatic carbocycles. The highest BCUT2D eigenvalue weighted by Gasteiger charge is 2.36. The summed E-state index contributed by atoms with van der Waals surface area (Å²) in [5, 5.41) is 0.411. The Labute approximate surface area is 276 Å². The summed E-state index contributed by atoms with van der Waals surface area (Å²) in [5.74, 6) is 0.648. The van der Waals surface area contributed by atoms with Crippen LogP contribution in [0.3, 0.4) is 0 Å². The van der Waals surface area contributed by atoms with Crippen LogP contribution in [0.4, 0.5) is 0 Å². The number of nitrogens with zero attached hydrogens (tertiary/aromatic N) is 2. The molecule has 0 saturated carbocycles. The lowest BCUT2D eigenvalue weighted by Crippen LogP contribution is -2.40. The highest BCUT2D eigenvalue weighted by molar-refractivity contribution is 7.07. The van der Waals surface area contributed by atoms with E-state index in [2.05, 4.69) is 0 Å². The fourth-order valence-electron chi connectivity index (χ4n) is 5.55. The Balaban J connectivity index is 1.41. The first-order valence-electron chi connectivity index (χ1n) is 14.5. The van der Waals surface area contributed by atoms with Gasteiger partial charge in [-0.3, -0.25) is 9.36 Å². The Morgan fingerprint density at radius 2 is 1.83 bits per heavy atom. The number of furan rings is 1. The lowest BCUT2D eigenvalue weighted by Gasteiger charge is -2.26. The van der Waals surface area contributed by atoms with E-state index in [1.54, 1.807) is 61.5 Å². The van der Waals surface area contributed by atoms with Crippen molar-refractivity contribution in [3.05, 3.63) is 132 Å². The van der Waals surface area contributed by atoms with Crippen molar-refractivity contribution >= 4 is 46.6 Å². The van der Waals surface area contributed by atoms with Crippen LogP contribution in [0.5, 0.6) is 11.5 Å². The number of methoxy groups -OCH3 is 1. The number of thiazole rings is 1. The lowest BCUT2D eigenvalue weighted by atomic mass is 9.93. The smallest absolute Gasteiger partial charge is 0.338 e. The number of rotatable bonds is 7. The summed E-state index contributed by atoms with van der Waals surface area (Å²) in [4.78, 5) is 45.6. The van der Waals surface area contributed by atoms with Crippen LogP contribution in [0.25, 0.3) is 23.1 Å². The molecule has 0 radical (unpaired) electrons. The van der Waals surface area contributed by atoms with E-state index in [0.717, 1.165) is 11.3 Å². The molecule has 4 heterocycles. The lowest BCUT2D eigenvalue weighted by molar-refractivity contribution is -0.138. The van der Waals surface area contributed by atoms with Crippen molar-refractivity contribution in [1.29, 1.82) is 0 Å². The van der Waals surface area contributed by atoms with Crippen molar-refractivity contribution in [2.45, 2.75) is 13.0 Å². The average molecular weight is 669 g/mol. The molecule has 1 atom stereocenters. The number of fused-ring (bicyclic) bond motifs is 2. The first kappa shape index (κ1) is 30.3. The summed E-state index contributed by atoms with van der Waals surface area (Å²) < 4.78 is 29.5. The second kappa shape index (κ2) is 12.4. The van der Waals surface area contributed by atoms with E-state index in [-0.39, 0.29) is 30.1 Å². The number of carbonyl (C=O) groups is 2. The minimum Gasteiger partial charge on any atom is -0.465 e. The van der Waals surface area contributed by atoms with E-state index in [4.69, 9.17) is 40.0 Å². The molecule has 236 valence electrons. The Morgan fingerprint density at radius 3 is 2.62 bits per heavy atom. The largest absolute Gasteiger partial charge is 0.465 e. The SMILES string of the molecule is CCOC(=O)C1=C(c2ccccc2)N=c2s/c(=C/c3ccc(-c4cc(Cl)ccc4C(=O)OC)o3)c(=O)n2[C@@H]1c1ccc2c(c1)OCO2. The molecule has 2 aliphatic rings. The summed E-state index contributed by atoms with van der Waals surface area (Å²) in [5.41, 5.74) is 2.26. The molecule has 0 amide bonds. The van der Waals surface area contributed by atoms with Gasteiger partial charge < -0.3 is 23.4 Å². The third-order valence-electron chi connectivity index (χ3n) is 7.64. The fourth-order valence-corrected chi connectivity index (χ4v) is 6.70. The van der Waals surface area contributed by atoms with Crippen LogP contribution in [0.2, 0.25) is 5.02 Å². The monoisotopic (exact) mass is 668 g/mol. The van der Waals surface area contributed by atoms with Gasteiger partial charge in [-0.1, -0.05) is 59.3 Å². The van der Waals surface area contributed by atoms with E-state index in [1.807, 2.05) is 30.3 Å². The molecule has 5 aromatic rings. The summed E-state index contributed by atoms with van der Waals surface area (Å²) in [7, 11) is 1.29. The molecule has 2 aromatic heterocycles. The van der Waals surface area contributed by atoms with Crippen LogP contribution in [-0.4, -0.2) is 37.0 Å². The molecule has 0 spiro atoms. The van der Waals surface area contributed by atoms with Crippen molar-refractivity contribution in [2.24, 2.45) is 4.99 Å². The topological polar surface area (TPSA) is 119 Å². The van der Waals surface area contributed by atoms with Gasteiger partial charge >= 0.3 is 11.9 Å². The molecular weight excluding hydrogens is 644 g/mol. The number of esters is 2. The van der Waals surface area contributed by atoms with Crippen molar-refractivity contribution in [2.75, 3.05) is 20.5 Å². The molecular formula is C35H25ClN2O8S. The van der Waals surface area contributed by atoms with Crippen LogP contribution in [0, 0.1) is 0 Å². The molecule has 0 bridgehead atoms. The van der Waals surface area contributed by atoms with Gasteiger partial charge in [0.25, 0.3) is 5.56 Å². The van der Waals surface area contributed by atoms with Gasteiger partial charge in [-0.15, -0.1) is 0 Å². The van der Waals surface area contributed by atoms with Gasteiger partial charge in [-0.2, -0.15) is 0 Å².